The molecule has 2 aromatic rings. The van der Waals surface area contributed by atoms with Gasteiger partial charge in [-0.15, -0.1) is 0 Å². The quantitative estimate of drug-likeness (QED) is 0.926. The second-order valence-corrected chi connectivity index (χ2v) is 6.53. The van der Waals surface area contributed by atoms with Gasteiger partial charge in [0, 0.05) is 13.1 Å². The molecular weight excluding hydrogens is 316 g/mol. The molecule has 1 amide bonds. The fourth-order valence-corrected chi connectivity index (χ4v) is 3.34. The largest absolute Gasteiger partial charge is 0.486 e. The van der Waals surface area contributed by atoms with Crippen LogP contribution in [-0.2, 0) is 17.8 Å². The Kier molecular flexibility index (Phi) is 4.57. The average Bonchev–Trinajstić information content (AvgIpc) is 2.66. The molecule has 0 saturated heterocycles. The molecule has 130 valence electrons. The Labute approximate surface area is 147 Å². The van der Waals surface area contributed by atoms with Crippen LogP contribution in [0.5, 0.6) is 11.5 Å². The van der Waals surface area contributed by atoms with E-state index in [0.29, 0.717) is 19.7 Å². The van der Waals surface area contributed by atoms with E-state index < -0.39 is 0 Å². The fourth-order valence-electron chi connectivity index (χ4n) is 3.34. The van der Waals surface area contributed by atoms with Crippen LogP contribution in [0.1, 0.15) is 11.1 Å². The van der Waals surface area contributed by atoms with Crippen molar-refractivity contribution in [1.82, 2.24) is 10.2 Å². The number of hydrogen-bond donors (Lipinski definition) is 1. The predicted octanol–water partition coefficient (Wildman–Crippen LogP) is 2.00. The zero-order chi connectivity index (χ0) is 17.1. The Hall–Kier alpha value is -2.53. The lowest BCUT2D eigenvalue weighted by Gasteiger charge is -2.29. The second kappa shape index (κ2) is 7.15. The molecular formula is C20H22N2O3. The number of ether oxygens (including phenoxy) is 2. The molecule has 5 nitrogen and oxygen atoms in total. The third kappa shape index (κ3) is 3.77. The van der Waals surface area contributed by atoms with Crippen LogP contribution in [0.25, 0.3) is 0 Å². The number of benzene rings is 2. The molecule has 5 heteroatoms. The van der Waals surface area contributed by atoms with Crippen molar-refractivity contribution in [3.05, 3.63) is 59.7 Å². The molecule has 1 atom stereocenters. The second-order valence-electron chi connectivity index (χ2n) is 6.53. The number of rotatable bonds is 4. The molecule has 2 aliphatic heterocycles. The maximum Gasteiger partial charge on any atom is 0.234 e. The summed E-state index contributed by atoms with van der Waals surface area (Å²) in [5.41, 5.74) is 2.72. The van der Waals surface area contributed by atoms with Gasteiger partial charge in [-0.1, -0.05) is 36.4 Å². The summed E-state index contributed by atoms with van der Waals surface area (Å²) in [4.78, 5) is 14.4. The van der Waals surface area contributed by atoms with Gasteiger partial charge < -0.3 is 14.8 Å². The van der Waals surface area contributed by atoms with Gasteiger partial charge in [0.1, 0.15) is 12.7 Å². The fraction of sp³-hybridized carbons (Fsp3) is 0.350. The first kappa shape index (κ1) is 16.0. The van der Waals surface area contributed by atoms with Crippen molar-refractivity contribution in [2.45, 2.75) is 19.1 Å². The molecule has 0 fully saturated rings. The normalized spacial score (nSPS) is 19.1. The van der Waals surface area contributed by atoms with E-state index in [1.165, 1.54) is 11.1 Å². The minimum atomic E-state index is -0.152. The zero-order valence-electron chi connectivity index (χ0n) is 14.1. The Bertz CT molecular complexity index is 762. The van der Waals surface area contributed by atoms with Gasteiger partial charge in [-0.25, -0.2) is 0 Å². The third-order valence-corrected chi connectivity index (χ3v) is 4.67. The van der Waals surface area contributed by atoms with Gasteiger partial charge in [-0.3, -0.25) is 9.69 Å². The third-order valence-electron chi connectivity index (χ3n) is 4.67. The van der Waals surface area contributed by atoms with Gasteiger partial charge in [0.15, 0.2) is 11.5 Å². The van der Waals surface area contributed by atoms with E-state index in [-0.39, 0.29) is 12.0 Å². The highest BCUT2D eigenvalue weighted by Crippen LogP contribution is 2.30. The molecule has 0 bridgehead atoms. The number of nitrogens with zero attached hydrogens (tertiary/aromatic N) is 1. The summed E-state index contributed by atoms with van der Waals surface area (Å²) in [6.07, 6.45) is 0.848. The van der Waals surface area contributed by atoms with Crippen LogP contribution >= 0.6 is 0 Å². The number of para-hydroxylation sites is 2. The standard InChI is InChI=1S/C20H22N2O3/c23-20(13-22-10-9-15-5-1-2-6-16(15)12-22)21-11-17-14-24-18-7-3-4-8-19(18)25-17/h1-8,17H,9-14H2,(H,21,23). The van der Waals surface area contributed by atoms with Gasteiger partial charge in [-0.2, -0.15) is 0 Å². The molecule has 2 aromatic carbocycles. The summed E-state index contributed by atoms with van der Waals surface area (Å²) < 4.78 is 11.5. The highest BCUT2D eigenvalue weighted by atomic mass is 16.6. The van der Waals surface area contributed by atoms with E-state index in [4.69, 9.17) is 9.47 Å². The minimum absolute atomic E-state index is 0.0295. The Morgan fingerprint density at radius 3 is 2.72 bits per heavy atom. The van der Waals surface area contributed by atoms with E-state index in [0.717, 1.165) is 31.0 Å². The highest BCUT2D eigenvalue weighted by molar-refractivity contribution is 5.78. The number of carbonyl (C=O) groups is 1. The predicted molar refractivity (Wildman–Crippen MR) is 94.8 cm³/mol. The smallest absolute Gasteiger partial charge is 0.234 e. The van der Waals surface area contributed by atoms with E-state index in [1.807, 2.05) is 24.3 Å². The first-order valence-corrected chi connectivity index (χ1v) is 8.72. The number of amides is 1. The van der Waals surface area contributed by atoms with E-state index >= 15 is 0 Å². The highest BCUT2D eigenvalue weighted by Gasteiger charge is 2.22. The SMILES string of the molecule is O=C(CN1CCc2ccccc2C1)NCC1COc2ccccc2O1. The molecule has 0 radical (unpaired) electrons. The maximum atomic E-state index is 12.3. The minimum Gasteiger partial charge on any atom is -0.486 e. The summed E-state index contributed by atoms with van der Waals surface area (Å²) in [6.45, 7) is 3.07. The van der Waals surface area contributed by atoms with Crippen LogP contribution < -0.4 is 14.8 Å². The van der Waals surface area contributed by atoms with Gasteiger partial charge >= 0.3 is 0 Å². The first-order chi connectivity index (χ1) is 12.3. The molecule has 1 N–H and O–H groups in total. The summed E-state index contributed by atoms with van der Waals surface area (Å²) in [5, 5.41) is 2.97. The van der Waals surface area contributed by atoms with Gasteiger partial charge in [0.25, 0.3) is 0 Å². The van der Waals surface area contributed by atoms with Crippen molar-refractivity contribution in [2.75, 3.05) is 26.2 Å². The van der Waals surface area contributed by atoms with E-state index in [1.54, 1.807) is 0 Å². The topological polar surface area (TPSA) is 50.8 Å². The molecule has 4 rings (SSSR count). The van der Waals surface area contributed by atoms with Crippen LogP contribution in [0.2, 0.25) is 0 Å². The van der Waals surface area contributed by atoms with Crippen molar-refractivity contribution in [2.24, 2.45) is 0 Å². The molecule has 2 heterocycles. The van der Waals surface area contributed by atoms with Gasteiger partial charge in [-0.05, 0) is 29.7 Å². The number of hydrogen-bond acceptors (Lipinski definition) is 4. The lowest BCUT2D eigenvalue weighted by atomic mass is 10.00. The first-order valence-electron chi connectivity index (χ1n) is 8.72. The summed E-state index contributed by atoms with van der Waals surface area (Å²) in [5.74, 6) is 1.53. The number of nitrogens with one attached hydrogen (secondary N) is 1. The summed E-state index contributed by atoms with van der Waals surface area (Å²) in [7, 11) is 0. The Morgan fingerprint density at radius 2 is 1.84 bits per heavy atom. The van der Waals surface area contributed by atoms with Crippen LogP contribution in [0.4, 0.5) is 0 Å². The molecule has 2 aliphatic rings. The van der Waals surface area contributed by atoms with Crippen LogP contribution in [0, 0.1) is 0 Å². The van der Waals surface area contributed by atoms with Crippen LogP contribution in [-0.4, -0.2) is 43.2 Å². The van der Waals surface area contributed by atoms with Crippen molar-refractivity contribution in [3.63, 3.8) is 0 Å². The van der Waals surface area contributed by atoms with E-state index in [2.05, 4.69) is 34.5 Å². The number of fused-ring (bicyclic) bond motifs is 2. The molecule has 1 unspecified atom stereocenters. The average molecular weight is 338 g/mol. The van der Waals surface area contributed by atoms with Crippen molar-refractivity contribution in [3.8, 4) is 11.5 Å². The number of carbonyl (C=O) groups excluding carboxylic acids is 1. The van der Waals surface area contributed by atoms with Gasteiger partial charge in [0.05, 0.1) is 13.1 Å². The van der Waals surface area contributed by atoms with E-state index in [9.17, 15) is 4.79 Å². The lowest BCUT2D eigenvalue weighted by Crippen LogP contribution is -2.45. The van der Waals surface area contributed by atoms with Crippen molar-refractivity contribution >= 4 is 5.91 Å². The molecule has 0 aromatic heterocycles. The summed E-state index contributed by atoms with van der Waals surface area (Å²) in [6, 6.07) is 16.0. The maximum absolute atomic E-state index is 12.3. The van der Waals surface area contributed by atoms with Crippen LogP contribution in [0.15, 0.2) is 48.5 Å². The van der Waals surface area contributed by atoms with Crippen molar-refractivity contribution < 1.29 is 14.3 Å². The zero-order valence-corrected chi connectivity index (χ0v) is 14.1. The Balaban J connectivity index is 1.25. The van der Waals surface area contributed by atoms with Gasteiger partial charge in [0.2, 0.25) is 5.91 Å². The lowest BCUT2D eigenvalue weighted by molar-refractivity contribution is -0.123. The molecule has 0 aliphatic carbocycles. The Morgan fingerprint density at radius 1 is 1.08 bits per heavy atom. The summed E-state index contributed by atoms with van der Waals surface area (Å²) >= 11 is 0. The molecule has 0 spiro atoms. The monoisotopic (exact) mass is 338 g/mol. The van der Waals surface area contributed by atoms with Crippen LogP contribution in [0.3, 0.4) is 0 Å². The molecule has 0 saturated carbocycles. The van der Waals surface area contributed by atoms with Crippen molar-refractivity contribution in [1.29, 1.82) is 0 Å². The molecule has 25 heavy (non-hydrogen) atoms.